The highest BCUT2D eigenvalue weighted by Crippen LogP contribution is 2.42. The van der Waals surface area contributed by atoms with Crippen LogP contribution in [0.2, 0.25) is 0 Å². The van der Waals surface area contributed by atoms with E-state index in [-0.39, 0.29) is 0 Å². The molecule has 0 unspecified atom stereocenters. The molecule has 1 N–H and O–H groups in total. The molecule has 0 aliphatic heterocycles. The summed E-state index contributed by atoms with van der Waals surface area (Å²) in [6, 6.07) is 3.89. The second-order valence-corrected chi connectivity index (χ2v) is 5.43. The standard InChI is InChI=1S/C13H13IN4/c1-15-13-10(14)11(8-2-3-8)17-12(18-13)9-4-6-16-7-5-9/h4-8H,2-3H2,1H3,(H,15,17,18). The van der Waals surface area contributed by atoms with Crippen molar-refractivity contribution in [3.63, 3.8) is 0 Å². The van der Waals surface area contributed by atoms with E-state index in [0.717, 1.165) is 20.8 Å². The van der Waals surface area contributed by atoms with Crippen LogP contribution in [0.15, 0.2) is 24.5 Å². The number of rotatable bonds is 3. The molecule has 0 spiro atoms. The molecule has 1 saturated carbocycles. The van der Waals surface area contributed by atoms with Crippen molar-refractivity contribution < 1.29 is 0 Å². The molecule has 0 aromatic carbocycles. The van der Waals surface area contributed by atoms with Crippen molar-refractivity contribution in [3.05, 3.63) is 33.8 Å². The molecule has 2 aromatic heterocycles. The molecule has 0 atom stereocenters. The van der Waals surface area contributed by atoms with E-state index in [1.807, 2.05) is 19.2 Å². The third kappa shape index (κ3) is 2.19. The van der Waals surface area contributed by atoms with Gasteiger partial charge in [-0.2, -0.15) is 0 Å². The van der Waals surface area contributed by atoms with Crippen molar-refractivity contribution in [2.24, 2.45) is 0 Å². The van der Waals surface area contributed by atoms with Gasteiger partial charge in [0.1, 0.15) is 5.82 Å². The summed E-state index contributed by atoms with van der Waals surface area (Å²) in [5.74, 6) is 2.32. The molecule has 1 aliphatic rings. The Morgan fingerprint density at radius 2 is 1.94 bits per heavy atom. The summed E-state index contributed by atoms with van der Waals surface area (Å²) < 4.78 is 1.15. The lowest BCUT2D eigenvalue weighted by Gasteiger charge is -2.10. The van der Waals surface area contributed by atoms with Crippen LogP contribution < -0.4 is 5.32 Å². The van der Waals surface area contributed by atoms with Crippen LogP contribution in [0.5, 0.6) is 0 Å². The fraction of sp³-hybridized carbons (Fsp3) is 0.308. The Balaban J connectivity index is 2.13. The Morgan fingerprint density at radius 1 is 1.22 bits per heavy atom. The van der Waals surface area contributed by atoms with Crippen molar-refractivity contribution in [2.45, 2.75) is 18.8 Å². The van der Waals surface area contributed by atoms with Gasteiger partial charge in [0.25, 0.3) is 0 Å². The summed E-state index contributed by atoms with van der Waals surface area (Å²) in [6.45, 7) is 0. The van der Waals surface area contributed by atoms with Crippen molar-refractivity contribution in [2.75, 3.05) is 12.4 Å². The van der Waals surface area contributed by atoms with Gasteiger partial charge in [-0.15, -0.1) is 0 Å². The molecule has 2 aromatic rings. The molecule has 1 aliphatic carbocycles. The van der Waals surface area contributed by atoms with Gasteiger partial charge in [-0.25, -0.2) is 9.97 Å². The van der Waals surface area contributed by atoms with Crippen LogP contribution in [0.25, 0.3) is 11.4 Å². The highest BCUT2D eigenvalue weighted by Gasteiger charge is 2.29. The Hall–Kier alpha value is -1.24. The monoisotopic (exact) mass is 352 g/mol. The van der Waals surface area contributed by atoms with Gasteiger partial charge >= 0.3 is 0 Å². The van der Waals surface area contributed by atoms with Crippen LogP contribution in [-0.2, 0) is 0 Å². The van der Waals surface area contributed by atoms with Crippen LogP contribution in [0, 0.1) is 3.57 Å². The second kappa shape index (κ2) is 4.79. The van der Waals surface area contributed by atoms with Gasteiger partial charge in [0.05, 0.1) is 9.26 Å². The Labute approximate surface area is 119 Å². The first-order valence-corrected chi connectivity index (χ1v) is 7.03. The summed E-state index contributed by atoms with van der Waals surface area (Å²) in [5.41, 5.74) is 2.20. The molecule has 1 fully saturated rings. The average molecular weight is 352 g/mol. The molecule has 3 rings (SSSR count). The Morgan fingerprint density at radius 3 is 2.56 bits per heavy atom. The lowest BCUT2D eigenvalue weighted by molar-refractivity contribution is 0.978. The van der Waals surface area contributed by atoms with Crippen LogP contribution in [-0.4, -0.2) is 22.0 Å². The number of anilines is 1. The highest BCUT2D eigenvalue weighted by atomic mass is 127. The molecule has 92 valence electrons. The zero-order valence-electron chi connectivity index (χ0n) is 10.0. The summed E-state index contributed by atoms with van der Waals surface area (Å²) in [7, 11) is 1.90. The third-order valence-electron chi connectivity index (χ3n) is 3.02. The van der Waals surface area contributed by atoms with Crippen LogP contribution in [0.3, 0.4) is 0 Å². The summed E-state index contributed by atoms with van der Waals surface area (Å²) >= 11 is 2.33. The van der Waals surface area contributed by atoms with Gasteiger partial charge in [0.2, 0.25) is 0 Å². The first-order chi connectivity index (χ1) is 8.79. The summed E-state index contributed by atoms with van der Waals surface area (Å²) in [5, 5.41) is 3.15. The molecule has 2 heterocycles. The van der Waals surface area contributed by atoms with E-state index in [1.54, 1.807) is 12.4 Å². The van der Waals surface area contributed by atoms with Gasteiger partial charge in [-0.05, 0) is 47.6 Å². The summed E-state index contributed by atoms with van der Waals surface area (Å²) in [4.78, 5) is 13.3. The topological polar surface area (TPSA) is 50.7 Å². The second-order valence-electron chi connectivity index (χ2n) is 4.36. The minimum Gasteiger partial charge on any atom is -0.372 e. The molecular weight excluding hydrogens is 339 g/mol. The number of halogens is 1. The number of pyridine rings is 1. The number of nitrogens with zero attached hydrogens (tertiary/aromatic N) is 3. The number of hydrogen-bond acceptors (Lipinski definition) is 4. The van der Waals surface area contributed by atoms with Crippen LogP contribution in [0.4, 0.5) is 5.82 Å². The predicted octanol–water partition coefficient (Wildman–Crippen LogP) is 3.06. The van der Waals surface area contributed by atoms with Gasteiger partial charge in [-0.3, -0.25) is 4.98 Å². The number of aromatic nitrogens is 3. The van der Waals surface area contributed by atoms with Gasteiger partial charge in [0, 0.05) is 30.9 Å². The van der Waals surface area contributed by atoms with Crippen molar-refractivity contribution in [3.8, 4) is 11.4 Å². The minimum atomic E-state index is 0.618. The molecule has 4 nitrogen and oxygen atoms in total. The normalized spacial score (nSPS) is 14.6. The Kier molecular flexibility index (Phi) is 3.15. The van der Waals surface area contributed by atoms with Crippen molar-refractivity contribution in [1.29, 1.82) is 0 Å². The van der Waals surface area contributed by atoms with Gasteiger partial charge in [-0.1, -0.05) is 0 Å². The van der Waals surface area contributed by atoms with Gasteiger partial charge in [0.15, 0.2) is 5.82 Å². The lowest BCUT2D eigenvalue weighted by Crippen LogP contribution is -2.04. The lowest BCUT2D eigenvalue weighted by atomic mass is 10.2. The molecule has 0 bridgehead atoms. The molecular formula is C13H13IN4. The third-order valence-corrected chi connectivity index (χ3v) is 4.08. The van der Waals surface area contributed by atoms with E-state index in [1.165, 1.54) is 18.5 Å². The highest BCUT2D eigenvalue weighted by molar-refractivity contribution is 14.1. The minimum absolute atomic E-state index is 0.618. The van der Waals surface area contributed by atoms with Crippen LogP contribution in [0.1, 0.15) is 24.5 Å². The maximum Gasteiger partial charge on any atom is 0.161 e. The SMILES string of the molecule is CNc1nc(-c2ccncc2)nc(C2CC2)c1I. The maximum absolute atomic E-state index is 4.73. The van der Waals surface area contributed by atoms with E-state index in [4.69, 9.17) is 4.98 Å². The molecule has 0 saturated heterocycles. The number of nitrogens with one attached hydrogen (secondary N) is 1. The summed E-state index contributed by atoms with van der Waals surface area (Å²) in [6.07, 6.45) is 6.02. The Bertz CT molecular complexity index is 567. The van der Waals surface area contributed by atoms with Gasteiger partial charge < -0.3 is 5.32 Å². The molecule has 0 radical (unpaired) electrons. The molecule has 18 heavy (non-hydrogen) atoms. The van der Waals surface area contributed by atoms with E-state index in [0.29, 0.717) is 5.92 Å². The molecule has 5 heteroatoms. The quantitative estimate of drug-likeness (QED) is 0.863. The van der Waals surface area contributed by atoms with E-state index in [9.17, 15) is 0 Å². The fourth-order valence-electron chi connectivity index (χ4n) is 1.89. The maximum atomic E-state index is 4.73. The molecule has 0 amide bonds. The van der Waals surface area contributed by atoms with Crippen molar-refractivity contribution in [1.82, 2.24) is 15.0 Å². The van der Waals surface area contributed by atoms with Crippen LogP contribution >= 0.6 is 22.6 Å². The fourth-order valence-corrected chi connectivity index (χ4v) is 2.84. The average Bonchev–Trinajstić information content (AvgIpc) is 3.24. The smallest absolute Gasteiger partial charge is 0.161 e. The zero-order chi connectivity index (χ0) is 12.5. The first-order valence-electron chi connectivity index (χ1n) is 5.95. The zero-order valence-corrected chi connectivity index (χ0v) is 12.2. The van der Waals surface area contributed by atoms with E-state index in [2.05, 4.69) is 37.9 Å². The van der Waals surface area contributed by atoms with E-state index < -0.39 is 0 Å². The number of hydrogen-bond donors (Lipinski definition) is 1. The first kappa shape index (κ1) is 11.8. The van der Waals surface area contributed by atoms with Crippen molar-refractivity contribution >= 4 is 28.4 Å². The largest absolute Gasteiger partial charge is 0.372 e. The predicted molar refractivity (Wildman–Crippen MR) is 79.5 cm³/mol. The van der Waals surface area contributed by atoms with E-state index >= 15 is 0 Å².